The van der Waals surface area contributed by atoms with E-state index in [1.807, 2.05) is 13.8 Å². The molecular formula is C20H22F2N2O3. The van der Waals surface area contributed by atoms with Gasteiger partial charge in [0.2, 0.25) is 0 Å². The second-order valence-corrected chi connectivity index (χ2v) is 6.74. The molecule has 5 nitrogen and oxygen atoms in total. The van der Waals surface area contributed by atoms with Crippen LogP contribution in [0.25, 0.3) is 0 Å². The van der Waals surface area contributed by atoms with Crippen LogP contribution in [0, 0.1) is 11.6 Å². The fraction of sp³-hybridized carbons (Fsp3) is 0.400. The summed E-state index contributed by atoms with van der Waals surface area (Å²) in [5.74, 6) is -0.929. The molecular weight excluding hydrogens is 354 g/mol. The lowest BCUT2D eigenvalue weighted by Crippen LogP contribution is -2.55. The number of amidine groups is 1. The zero-order valence-electron chi connectivity index (χ0n) is 15.8. The number of fused-ring (bicyclic) bond motifs is 1. The normalized spacial score (nSPS) is 24.0. The van der Waals surface area contributed by atoms with Crippen LogP contribution in [0.1, 0.15) is 33.3 Å². The maximum Gasteiger partial charge on any atom is 0.334 e. The number of ether oxygens (including phenoxy) is 2. The summed E-state index contributed by atoms with van der Waals surface area (Å²) in [5.41, 5.74) is -0.349. The molecule has 0 saturated heterocycles. The van der Waals surface area contributed by atoms with Gasteiger partial charge in [-0.3, -0.25) is 4.99 Å². The predicted molar refractivity (Wildman–Crippen MR) is 96.8 cm³/mol. The molecule has 2 aliphatic heterocycles. The van der Waals surface area contributed by atoms with Crippen molar-refractivity contribution in [2.75, 3.05) is 6.61 Å². The number of carbonyl (C=O) groups excluding carboxylic acids is 1. The van der Waals surface area contributed by atoms with Gasteiger partial charge in [0.15, 0.2) is 17.1 Å². The van der Waals surface area contributed by atoms with E-state index < -0.39 is 17.2 Å². The first-order valence-electron chi connectivity index (χ1n) is 8.79. The Bertz CT molecular complexity index is 843. The smallest absolute Gasteiger partial charge is 0.334 e. The van der Waals surface area contributed by atoms with Gasteiger partial charge in [-0.15, -0.1) is 0 Å². The van der Waals surface area contributed by atoms with Gasteiger partial charge >= 0.3 is 5.97 Å². The molecule has 0 radical (unpaired) electrons. The molecule has 1 aromatic carbocycles. The van der Waals surface area contributed by atoms with Crippen molar-refractivity contribution in [2.45, 2.75) is 45.9 Å². The van der Waals surface area contributed by atoms with Crippen molar-refractivity contribution in [3.63, 3.8) is 0 Å². The minimum atomic E-state index is -1.02. The highest BCUT2D eigenvalue weighted by molar-refractivity contribution is 6.04. The Morgan fingerprint density at radius 3 is 2.63 bits per heavy atom. The van der Waals surface area contributed by atoms with E-state index in [2.05, 4.69) is 4.99 Å². The van der Waals surface area contributed by atoms with Crippen molar-refractivity contribution in [1.29, 1.82) is 0 Å². The van der Waals surface area contributed by atoms with E-state index in [0.29, 0.717) is 11.6 Å². The highest BCUT2D eigenvalue weighted by Crippen LogP contribution is 2.36. The Balaban J connectivity index is 1.88. The van der Waals surface area contributed by atoms with Crippen LogP contribution in [0.3, 0.4) is 0 Å². The average Bonchev–Trinajstić information content (AvgIpc) is 2.87. The van der Waals surface area contributed by atoms with Gasteiger partial charge in [-0.05, 0) is 51.5 Å². The fourth-order valence-corrected chi connectivity index (χ4v) is 3.15. The van der Waals surface area contributed by atoms with Gasteiger partial charge in [0.1, 0.15) is 18.2 Å². The fourth-order valence-electron chi connectivity index (χ4n) is 3.15. The number of allylic oxidation sites excluding steroid dienone is 2. The zero-order chi connectivity index (χ0) is 19.8. The molecule has 0 aliphatic carbocycles. The van der Waals surface area contributed by atoms with E-state index in [4.69, 9.17) is 9.47 Å². The Kier molecular flexibility index (Phi) is 5.04. The number of esters is 1. The minimum absolute atomic E-state index is 0.156. The van der Waals surface area contributed by atoms with Crippen LogP contribution in [-0.4, -0.2) is 34.9 Å². The molecule has 0 bridgehead atoms. The van der Waals surface area contributed by atoms with Crippen LogP contribution >= 0.6 is 0 Å². The Hall–Kier alpha value is -2.70. The lowest BCUT2D eigenvalue weighted by atomic mass is 9.93. The summed E-state index contributed by atoms with van der Waals surface area (Å²) >= 11 is 0. The number of halogens is 2. The minimum Gasteiger partial charge on any atom is -0.485 e. The standard InChI is InChI=1S/C20H22F2N2O3/c1-5-26-19(25)20(4)13(3)23-18-17(9-12(2)10-24(18)20)27-11-14-15(21)7-6-8-16(14)22/h6-10,13H,5,11H2,1-4H3. The molecule has 0 saturated carbocycles. The van der Waals surface area contributed by atoms with Gasteiger partial charge in [-0.2, -0.15) is 0 Å². The Morgan fingerprint density at radius 1 is 1.33 bits per heavy atom. The summed E-state index contributed by atoms with van der Waals surface area (Å²) in [6.07, 6.45) is 3.54. The van der Waals surface area contributed by atoms with Crippen molar-refractivity contribution in [3.05, 3.63) is 59.0 Å². The summed E-state index contributed by atoms with van der Waals surface area (Å²) in [7, 11) is 0. The first-order chi connectivity index (χ1) is 12.8. The molecule has 27 heavy (non-hydrogen) atoms. The number of benzene rings is 1. The molecule has 2 aliphatic rings. The quantitative estimate of drug-likeness (QED) is 0.735. The summed E-state index contributed by atoms with van der Waals surface area (Å²) in [6.45, 7) is 7.15. The van der Waals surface area contributed by atoms with Crippen molar-refractivity contribution in [1.82, 2.24) is 4.90 Å². The molecule has 7 heteroatoms. The number of rotatable bonds is 5. The zero-order valence-corrected chi connectivity index (χ0v) is 15.8. The van der Waals surface area contributed by atoms with Crippen LogP contribution in [0.2, 0.25) is 0 Å². The molecule has 0 N–H and O–H groups in total. The molecule has 0 spiro atoms. The van der Waals surface area contributed by atoms with Gasteiger partial charge in [0, 0.05) is 6.20 Å². The SMILES string of the molecule is CCOC(=O)C1(C)C(C)N=C2C(OCc3c(F)cccc3F)=CC(C)=CN21. The lowest BCUT2D eigenvalue weighted by molar-refractivity contribution is -0.153. The average molecular weight is 376 g/mol. The topological polar surface area (TPSA) is 51.1 Å². The molecule has 144 valence electrons. The monoisotopic (exact) mass is 376 g/mol. The third-order valence-corrected chi connectivity index (χ3v) is 4.89. The second kappa shape index (κ2) is 7.13. The number of nitrogens with zero attached hydrogens (tertiary/aromatic N) is 2. The van der Waals surface area contributed by atoms with Crippen LogP contribution in [0.4, 0.5) is 8.78 Å². The largest absolute Gasteiger partial charge is 0.485 e. The molecule has 2 heterocycles. The van der Waals surface area contributed by atoms with E-state index in [1.165, 1.54) is 18.2 Å². The molecule has 0 aromatic heterocycles. The number of hydrogen-bond acceptors (Lipinski definition) is 5. The highest BCUT2D eigenvalue weighted by Gasteiger charge is 2.52. The van der Waals surface area contributed by atoms with Gasteiger partial charge in [-0.25, -0.2) is 13.6 Å². The van der Waals surface area contributed by atoms with Gasteiger partial charge < -0.3 is 14.4 Å². The van der Waals surface area contributed by atoms with E-state index in [-0.39, 0.29) is 30.8 Å². The molecule has 1 aromatic rings. The number of carbonyl (C=O) groups is 1. The van der Waals surface area contributed by atoms with Crippen molar-refractivity contribution >= 4 is 11.8 Å². The number of aliphatic imine (C=N–C) groups is 1. The third-order valence-electron chi connectivity index (χ3n) is 4.89. The van der Waals surface area contributed by atoms with Crippen LogP contribution < -0.4 is 0 Å². The molecule has 0 fully saturated rings. The van der Waals surface area contributed by atoms with Crippen LogP contribution in [-0.2, 0) is 20.9 Å². The summed E-state index contributed by atoms with van der Waals surface area (Å²) < 4.78 is 38.7. The summed E-state index contributed by atoms with van der Waals surface area (Å²) in [4.78, 5) is 18.9. The molecule has 3 rings (SSSR count). The summed E-state index contributed by atoms with van der Waals surface area (Å²) in [6, 6.07) is 3.28. The number of hydrogen-bond donors (Lipinski definition) is 0. The maximum atomic E-state index is 13.9. The van der Waals surface area contributed by atoms with E-state index in [9.17, 15) is 13.6 Å². The van der Waals surface area contributed by atoms with E-state index >= 15 is 0 Å². The van der Waals surface area contributed by atoms with Gasteiger partial charge in [-0.1, -0.05) is 6.07 Å². The van der Waals surface area contributed by atoms with Crippen molar-refractivity contribution < 1.29 is 23.0 Å². The van der Waals surface area contributed by atoms with Crippen molar-refractivity contribution in [2.24, 2.45) is 4.99 Å². The van der Waals surface area contributed by atoms with Crippen LogP contribution in [0.5, 0.6) is 0 Å². The molecule has 2 unspecified atom stereocenters. The summed E-state index contributed by atoms with van der Waals surface area (Å²) in [5, 5.41) is 0. The van der Waals surface area contributed by atoms with E-state index in [1.54, 1.807) is 31.0 Å². The Labute approximate surface area is 157 Å². The van der Waals surface area contributed by atoms with Crippen molar-refractivity contribution in [3.8, 4) is 0 Å². The lowest BCUT2D eigenvalue weighted by Gasteiger charge is -2.36. The highest BCUT2D eigenvalue weighted by atomic mass is 19.1. The van der Waals surface area contributed by atoms with Gasteiger partial charge in [0.05, 0.1) is 18.2 Å². The maximum absolute atomic E-state index is 13.9. The van der Waals surface area contributed by atoms with E-state index in [0.717, 1.165) is 5.57 Å². The third kappa shape index (κ3) is 3.22. The molecule has 0 amide bonds. The van der Waals surface area contributed by atoms with Gasteiger partial charge in [0.25, 0.3) is 0 Å². The predicted octanol–water partition coefficient (Wildman–Crippen LogP) is 3.71. The Morgan fingerprint density at radius 2 is 2.00 bits per heavy atom. The second-order valence-electron chi connectivity index (χ2n) is 6.74. The van der Waals surface area contributed by atoms with Crippen LogP contribution in [0.15, 0.2) is 46.8 Å². The first-order valence-corrected chi connectivity index (χ1v) is 8.79. The first kappa shape index (κ1) is 19.1. The molecule has 2 atom stereocenters.